The molecule has 0 aromatic heterocycles. The van der Waals surface area contributed by atoms with Crippen molar-refractivity contribution in [2.45, 2.75) is 39.0 Å². The van der Waals surface area contributed by atoms with E-state index < -0.39 is 10.0 Å². The molecule has 3 N–H and O–H groups in total. The average Bonchev–Trinajstić information content (AvgIpc) is 2.29. The molecular formula is C14H24N2O3S. The predicted molar refractivity (Wildman–Crippen MR) is 81.3 cm³/mol. The molecule has 5 nitrogen and oxygen atoms in total. The number of nitrogens with one attached hydrogen (secondary N) is 1. The van der Waals surface area contributed by atoms with Crippen molar-refractivity contribution < 1.29 is 13.2 Å². The molecule has 0 heterocycles. The molecule has 0 saturated carbocycles. The van der Waals surface area contributed by atoms with E-state index in [1.54, 1.807) is 19.1 Å². The Morgan fingerprint density at radius 1 is 1.30 bits per heavy atom. The Bertz CT molecular complexity index is 548. The van der Waals surface area contributed by atoms with Crippen LogP contribution >= 0.6 is 0 Å². The molecule has 1 rings (SSSR count). The summed E-state index contributed by atoms with van der Waals surface area (Å²) in [5.74, 6) is 0.324. The van der Waals surface area contributed by atoms with E-state index in [-0.39, 0.29) is 10.3 Å². The number of anilines is 1. The van der Waals surface area contributed by atoms with Gasteiger partial charge in [0.2, 0.25) is 10.0 Å². The fourth-order valence-corrected chi connectivity index (χ4v) is 2.86. The van der Waals surface area contributed by atoms with E-state index in [0.717, 1.165) is 6.42 Å². The molecule has 0 aliphatic rings. The number of ether oxygens (including phenoxy) is 1. The van der Waals surface area contributed by atoms with E-state index >= 15 is 0 Å². The highest BCUT2D eigenvalue weighted by atomic mass is 32.2. The molecule has 0 amide bonds. The van der Waals surface area contributed by atoms with Crippen molar-refractivity contribution in [2.24, 2.45) is 5.41 Å². The van der Waals surface area contributed by atoms with Crippen molar-refractivity contribution in [3.63, 3.8) is 0 Å². The molecule has 0 saturated heterocycles. The average molecular weight is 300 g/mol. The Kier molecular flexibility index (Phi) is 5.42. The van der Waals surface area contributed by atoms with Crippen LogP contribution in [0.2, 0.25) is 0 Å². The second-order valence-electron chi connectivity index (χ2n) is 5.85. The van der Waals surface area contributed by atoms with Gasteiger partial charge < -0.3 is 10.5 Å². The SMILES string of the molecule is CCOc1ccc(N)cc1S(=O)(=O)NCCC(C)(C)C. The molecule has 0 spiro atoms. The number of sulfonamides is 1. The first-order valence-corrected chi connectivity index (χ1v) is 8.16. The van der Waals surface area contributed by atoms with Crippen molar-refractivity contribution in [1.82, 2.24) is 4.72 Å². The monoisotopic (exact) mass is 300 g/mol. The minimum Gasteiger partial charge on any atom is -0.492 e. The molecule has 1 aromatic carbocycles. The van der Waals surface area contributed by atoms with E-state index in [4.69, 9.17) is 10.5 Å². The number of rotatable bonds is 6. The molecule has 0 atom stereocenters. The predicted octanol–water partition coefficient (Wildman–Crippen LogP) is 2.38. The molecule has 0 unspecified atom stereocenters. The highest BCUT2D eigenvalue weighted by Crippen LogP contribution is 2.26. The molecule has 0 aliphatic heterocycles. The molecule has 1 aromatic rings. The van der Waals surface area contributed by atoms with Gasteiger partial charge in [0.1, 0.15) is 10.6 Å². The van der Waals surface area contributed by atoms with E-state index in [2.05, 4.69) is 25.5 Å². The molecule has 114 valence electrons. The van der Waals surface area contributed by atoms with Gasteiger partial charge in [0.15, 0.2) is 0 Å². The minimum absolute atomic E-state index is 0.0704. The summed E-state index contributed by atoms with van der Waals surface area (Å²) in [6, 6.07) is 4.63. The second kappa shape index (κ2) is 6.45. The highest BCUT2D eigenvalue weighted by molar-refractivity contribution is 7.89. The lowest BCUT2D eigenvalue weighted by molar-refractivity contribution is 0.331. The zero-order chi connectivity index (χ0) is 15.4. The lowest BCUT2D eigenvalue weighted by Crippen LogP contribution is -2.28. The summed E-state index contributed by atoms with van der Waals surface area (Å²) in [5, 5.41) is 0. The van der Waals surface area contributed by atoms with E-state index in [1.807, 2.05) is 0 Å². The number of hydrogen-bond donors (Lipinski definition) is 2. The number of nitrogen functional groups attached to an aromatic ring is 1. The van der Waals surface area contributed by atoms with Crippen LogP contribution in [0, 0.1) is 5.41 Å². The van der Waals surface area contributed by atoms with Crippen LogP contribution in [0.3, 0.4) is 0 Å². The molecule has 0 fully saturated rings. The summed E-state index contributed by atoms with van der Waals surface area (Å²) < 4.78 is 32.6. The summed E-state index contributed by atoms with van der Waals surface area (Å²) in [6.45, 7) is 8.77. The minimum atomic E-state index is -3.61. The molecule has 6 heteroatoms. The standard InChI is InChI=1S/C14H24N2O3S/c1-5-19-12-7-6-11(15)10-13(12)20(17,18)16-9-8-14(2,3)4/h6-7,10,16H,5,8-9,15H2,1-4H3. The molecule has 20 heavy (non-hydrogen) atoms. The number of nitrogens with two attached hydrogens (primary N) is 1. The van der Waals surface area contributed by atoms with E-state index in [9.17, 15) is 8.42 Å². The van der Waals surface area contributed by atoms with E-state index in [1.165, 1.54) is 6.07 Å². The third-order valence-electron chi connectivity index (χ3n) is 2.72. The van der Waals surface area contributed by atoms with Crippen molar-refractivity contribution in [3.05, 3.63) is 18.2 Å². The third kappa shape index (κ3) is 5.02. The zero-order valence-corrected chi connectivity index (χ0v) is 13.4. The summed E-state index contributed by atoms with van der Waals surface area (Å²) >= 11 is 0. The Morgan fingerprint density at radius 2 is 1.95 bits per heavy atom. The van der Waals surface area contributed by atoms with Gasteiger partial charge in [-0.3, -0.25) is 0 Å². The Balaban J connectivity index is 2.94. The largest absolute Gasteiger partial charge is 0.492 e. The third-order valence-corrected chi connectivity index (χ3v) is 4.21. The van der Waals surface area contributed by atoms with Gasteiger partial charge in [-0.15, -0.1) is 0 Å². The highest BCUT2D eigenvalue weighted by Gasteiger charge is 2.21. The van der Waals surface area contributed by atoms with Crippen LogP contribution in [0.15, 0.2) is 23.1 Å². The van der Waals surface area contributed by atoms with Crippen molar-refractivity contribution in [3.8, 4) is 5.75 Å². The van der Waals surface area contributed by atoms with Crippen LogP contribution in [0.4, 0.5) is 5.69 Å². The zero-order valence-electron chi connectivity index (χ0n) is 12.6. The van der Waals surface area contributed by atoms with Gasteiger partial charge in [-0.25, -0.2) is 13.1 Å². The quantitative estimate of drug-likeness (QED) is 0.790. The smallest absolute Gasteiger partial charge is 0.244 e. The second-order valence-corrected chi connectivity index (χ2v) is 7.58. The molecule has 0 radical (unpaired) electrons. The lowest BCUT2D eigenvalue weighted by Gasteiger charge is -2.18. The number of benzene rings is 1. The van der Waals surface area contributed by atoms with Gasteiger partial charge in [-0.05, 0) is 37.0 Å². The maximum atomic E-state index is 12.3. The summed E-state index contributed by atoms with van der Waals surface area (Å²) in [5.41, 5.74) is 6.13. The first-order valence-electron chi connectivity index (χ1n) is 6.68. The van der Waals surface area contributed by atoms with Crippen LogP contribution in [0.1, 0.15) is 34.1 Å². The van der Waals surface area contributed by atoms with Gasteiger partial charge in [-0.1, -0.05) is 20.8 Å². The summed E-state index contributed by atoms with van der Waals surface area (Å²) in [7, 11) is -3.61. The summed E-state index contributed by atoms with van der Waals surface area (Å²) in [6.07, 6.45) is 0.749. The first kappa shape index (κ1) is 16.8. The first-order chi connectivity index (χ1) is 9.15. The van der Waals surface area contributed by atoms with Crippen LogP contribution in [0.25, 0.3) is 0 Å². The van der Waals surface area contributed by atoms with Crippen molar-refractivity contribution in [2.75, 3.05) is 18.9 Å². The fourth-order valence-electron chi connectivity index (χ4n) is 1.65. The van der Waals surface area contributed by atoms with Crippen LogP contribution < -0.4 is 15.2 Å². The van der Waals surface area contributed by atoms with Crippen molar-refractivity contribution in [1.29, 1.82) is 0 Å². The fraction of sp³-hybridized carbons (Fsp3) is 0.571. The van der Waals surface area contributed by atoms with Crippen LogP contribution in [0.5, 0.6) is 5.75 Å². The Hall–Kier alpha value is -1.27. The van der Waals surface area contributed by atoms with Gasteiger partial charge in [0.05, 0.1) is 6.61 Å². The maximum absolute atomic E-state index is 12.3. The van der Waals surface area contributed by atoms with Gasteiger partial charge in [0, 0.05) is 12.2 Å². The van der Waals surface area contributed by atoms with Crippen LogP contribution in [-0.4, -0.2) is 21.6 Å². The van der Waals surface area contributed by atoms with Gasteiger partial charge in [-0.2, -0.15) is 0 Å². The van der Waals surface area contributed by atoms with E-state index in [0.29, 0.717) is 24.6 Å². The number of hydrogen-bond acceptors (Lipinski definition) is 4. The van der Waals surface area contributed by atoms with Crippen molar-refractivity contribution >= 4 is 15.7 Å². The molecule has 0 bridgehead atoms. The maximum Gasteiger partial charge on any atom is 0.244 e. The van der Waals surface area contributed by atoms with Crippen LogP contribution in [-0.2, 0) is 10.0 Å². The Labute approximate surface area is 121 Å². The summed E-state index contributed by atoms with van der Waals surface area (Å²) in [4.78, 5) is 0.0910. The van der Waals surface area contributed by atoms with Gasteiger partial charge in [0.25, 0.3) is 0 Å². The lowest BCUT2D eigenvalue weighted by atomic mass is 9.93. The molecule has 0 aliphatic carbocycles. The topological polar surface area (TPSA) is 81.4 Å². The van der Waals surface area contributed by atoms with Gasteiger partial charge >= 0.3 is 0 Å². The Morgan fingerprint density at radius 3 is 2.50 bits per heavy atom. The molecular weight excluding hydrogens is 276 g/mol. The normalized spacial score (nSPS) is 12.4.